The maximum Gasteiger partial charge on any atom is 0.230 e. The van der Waals surface area contributed by atoms with Gasteiger partial charge in [0.1, 0.15) is 0 Å². The fourth-order valence-electron chi connectivity index (χ4n) is 3.92. The zero-order valence-corrected chi connectivity index (χ0v) is 13.3. The topological polar surface area (TPSA) is 32.3 Å². The molecule has 1 N–H and O–H groups in total. The van der Waals surface area contributed by atoms with Crippen LogP contribution in [0.15, 0.2) is 12.1 Å². The zero-order chi connectivity index (χ0) is 14.2. The number of carbonyl (C=O) groups is 1. The summed E-state index contributed by atoms with van der Waals surface area (Å²) in [5.41, 5.74) is -0.112. The fraction of sp³-hybridized carbons (Fsp3) is 0.688. The molecule has 1 aliphatic heterocycles. The molecule has 0 radical (unpaired) electrons. The molecule has 110 valence electrons. The average Bonchev–Trinajstić information content (AvgIpc) is 3.04. The van der Waals surface area contributed by atoms with Crippen LogP contribution in [0.1, 0.15) is 35.4 Å². The highest BCUT2D eigenvalue weighted by atomic mass is 32.1. The number of rotatable bonds is 3. The second-order valence-corrected chi connectivity index (χ2v) is 7.78. The number of aryl methyl sites for hydroxylation is 1. The number of nitrogens with zero attached hydrogens (tertiary/aromatic N) is 1. The van der Waals surface area contributed by atoms with E-state index in [1.807, 2.05) is 11.9 Å². The van der Waals surface area contributed by atoms with Gasteiger partial charge in [-0.2, -0.15) is 0 Å². The van der Waals surface area contributed by atoms with Crippen LogP contribution in [0.3, 0.4) is 0 Å². The highest BCUT2D eigenvalue weighted by Crippen LogP contribution is 2.45. The van der Waals surface area contributed by atoms with E-state index in [4.69, 9.17) is 0 Å². The number of fused-ring (bicyclic) bond motifs is 1. The fourth-order valence-corrected chi connectivity index (χ4v) is 4.87. The Hall–Kier alpha value is -0.870. The summed E-state index contributed by atoms with van der Waals surface area (Å²) in [5.74, 6) is 0.912. The lowest BCUT2D eigenvalue weighted by Gasteiger charge is -2.39. The summed E-state index contributed by atoms with van der Waals surface area (Å²) in [6, 6.07) is 4.28. The summed E-state index contributed by atoms with van der Waals surface area (Å²) in [6.07, 6.45) is 4.77. The van der Waals surface area contributed by atoms with Gasteiger partial charge in [-0.1, -0.05) is 12.8 Å². The molecule has 0 spiro atoms. The monoisotopic (exact) mass is 292 g/mol. The molecule has 0 aromatic carbocycles. The van der Waals surface area contributed by atoms with Crippen molar-refractivity contribution < 1.29 is 4.79 Å². The second-order valence-electron chi connectivity index (χ2n) is 6.40. The van der Waals surface area contributed by atoms with Gasteiger partial charge in [0.2, 0.25) is 5.91 Å². The molecule has 1 aliphatic carbocycles. The number of thiophene rings is 1. The highest BCUT2D eigenvalue weighted by Gasteiger charge is 2.50. The first-order valence-electron chi connectivity index (χ1n) is 7.63. The Bertz CT molecular complexity index is 498. The molecule has 1 amide bonds. The lowest BCUT2D eigenvalue weighted by Crippen LogP contribution is -2.48. The van der Waals surface area contributed by atoms with Crippen LogP contribution in [0, 0.1) is 18.3 Å². The van der Waals surface area contributed by atoms with Crippen LogP contribution in [0.4, 0.5) is 0 Å². The molecule has 2 aliphatic rings. The van der Waals surface area contributed by atoms with Gasteiger partial charge >= 0.3 is 0 Å². The SMILES string of the molecule is Cc1ccc(CN(C)C(=O)[C@@]23CCCC[C@H]2CNC3)s1. The molecule has 3 nitrogen and oxygen atoms in total. The molecule has 20 heavy (non-hydrogen) atoms. The molecule has 2 fully saturated rings. The Morgan fingerprint density at radius 1 is 1.50 bits per heavy atom. The van der Waals surface area contributed by atoms with Gasteiger partial charge in [-0.3, -0.25) is 4.79 Å². The highest BCUT2D eigenvalue weighted by molar-refractivity contribution is 7.11. The van der Waals surface area contributed by atoms with Gasteiger partial charge < -0.3 is 10.2 Å². The zero-order valence-electron chi connectivity index (χ0n) is 12.4. The molecule has 1 aromatic heterocycles. The third-order valence-corrected chi connectivity index (χ3v) is 5.99. The van der Waals surface area contributed by atoms with Gasteiger partial charge in [0, 0.05) is 23.3 Å². The summed E-state index contributed by atoms with van der Waals surface area (Å²) < 4.78 is 0. The second kappa shape index (κ2) is 5.49. The van der Waals surface area contributed by atoms with Gasteiger partial charge in [-0.25, -0.2) is 0 Å². The van der Waals surface area contributed by atoms with Crippen molar-refractivity contribution in [3.05, 3.63) is 21.9 Å². The average molecular weight is 292 g/mol. The number of carbonyl (C=O) groups excluding carboxylic acids is 1. The van der Waals surface area contributed by atoms with Crippen LogP contribution >= 0.6 is 11.3 Å². The van der Waals surface area contributed by atoms with Crippen LogP contribution in [0.2, 0.25) is 0 Å². The molecule has 2 heterocycles. The van der Waals surface area contributed by atoms with Gasteiger partial charge in [-0.05, 0) is 44.4 Å². The Labute approximate surface area is 125 Å². The number of hydrogen-bond donors (Lipinski definition) is 1. The third-order valence-electron chi connectivity index (χ3n) is 5.00. The van der Waals surface area contributed by atoms with Crippen molar-refractivity contribution in [3.8, 4) is 0 Å². The molecule has 0 bridgehead atoms. The smallest absolute Gasteiger partial charge is 0.230 e. The van der Waals surface area contributed by atoms with Crippen LogP contribution in [-0.4, -0.2) is 30.9 Å². The van der Waals surface area contributed by atoms with E-state index >= 15 is 0 Å². The van der Waals surface area contributed by atoms with Crippen molar-refractivity contribution in [2.75, 3.05) is 20.1 Å². The number of amides is 1. The van der Waals surface area contributed by atoms with Gasteiger partial charge in [0.15, 0.2) is 0 Å². The first-order valence-corrected chi connectivity index (χ1v) is 8.45. The summed E-state index contributed by atoms with van der Waals surface area (Å²) in [5, 5.41) is 3.46. The number of nitrogens with one attached hydrogen (secondary N) is 1. The predicted octanol–water partition coefficient (Wildman–Crippen LogP) is 2.79. The molecule has 1 aromatic rings. The first-order chi connectivity index (χ1) is 9.62. The van der Waals surface area contributed by atoms with Crippen LogP contribution in [0.5, 0.6) is 0 Å². The molecular formula is C16H24N2OS. The minimum absolute atomic E-state index is 0.112. The van der Waals surface area contributed by atoms with Gasteiger partial charge in [0.05, 0.1) is 12.0 Å². The van der Waals surface area contributed by atoms with Crippen molar-refractivity contribution in [1.29, 1.82) is 0 Å². The van der Waals surface area contributed by atoms with Crippen molar-refractivity contribution in [3.63, 3.8) is 0 Å². The van der Waals surface area contributed by atoms with E-state index in [1.165, 1.54) is 29.0 Å². The maximum absolute atomic E-state index is 13.0. The maximum atomic E-state index is 13.0. The molecule has 2 atom stereocenters. The first kappa shape index (κ1) is 14.1. The standard InChI is InChI=1S/C16H24N2OS/c1-12-6-7-14(20-12)10-18(2)15(19)16-8-4-3-5-13(16)9-17-11-16/h6-7,13,17H,3-5,8-11H2,1-2H3/t13-,16+/m0/s1. The van der Waals surface area contributed by atoms with E-state index in [9.17, 15) is 4.79 Å². The quantitative estimate of drug-likeness (QED) is 0.929. The predicted molar refractivity (Wildman–Crippen MR) is 82.8 cm³/mol. The normalized spacial score (nSPS) is 29.2. The third kappa shape index (κ3) is 2.40. The van der Waals surface area contributed by atoms with E-state index in [1.54, 1.807) is 11.3 Å². The summed E-state index contributed by atoms with van der Waals surface area (Å²) >= 11 is 1.79. The summed E-state index contributed by atoms with van der Waals surface area (Å²) in [7, 11) is 1.97. The summed E-state index contributed by atoms with van der Waals surface area (Å²) in [6.45, 7) is 4.78. The van der Waals surface area contributed by atoms with E-state index in [0.717, 1.165) is 26.1 Å². The molecule has 1 saturated carbocycles. The van der Waals surface area contributed by atoms with Crippen molar-refractivity contribution in [2.45, 2.75) is 39.2 Å². The van der Waals surface area contributed by atoms with Gasteiger partial charge in [-0.15, -0.1) is 11.3 Å². The van der Waals surface area contributed by atoms with Crippen LogP contribution in [0.25, 0.3) is 0 Å². The molecule has 0 unspecified atom stereocenters. The minimum atomic E-state index is -0.112. The summed E-state index contributed by atoms with van der Waals surface area (Å²) in [4.78, 5) is 17.6. The largest absolute Gasteiger partial charge is 0.340 e. The van der Waals surface area contributed by atoms with Crippen LogP contribution in [-0.2, 0) is 11.3 Å². The minimum Gasteiger partial charge on any atom is -0.340 e. The Morgan fingerprint density at radius 3 is 3.10 bits per heavy atom. The molecule has 1 saturated heterocycles. The van der Waals surface area contributed by atoms with E-state index < -0.39 is 0 Å². The van der Waals surface area contributed by atoms with Crippen molar-refractivity contribution in [2.24, 2.45) is 11.3 Å². The Morgan fingerprint density at radius 2 is 2.35 bits per heavy atom. The lowest BCUT2D eigenvalue weighted by molar-refractivity contribution is -0.144. The van der Waals surface area contributed by atoms with Crippen molar-refractivity contribution >= 4 is 17.2 Å². The lowest BCUT2D eigenvalue weighted by atomic mass is 9.67. The molecule has 3 rings (SSSR count). The van der Waals surface area contributed by atoms with Crippen molar-refractivity contribution in [1.82, 2.24) is 10.2 Å². The van der Waals surface area contributed by atoms with E-state index in [2.05, 4.69) is 24.4 Å². The Balaban J connectivity index is 1.73. The van der Waals surface area contributed by atoms with E-state index in [-0.39, 0.29) is 5.41 Å². The molecular weight excluding hydrogens is 268 g/mol. The number of hydrogen-bond acceptors (Lipinski definition) is 3. The van der Waals surface area contributed by atoms with Crippen LogP contribution < -0.4 is 5.32 Å². The van der Waals surface area contributed by atoms with E-state index in [0.29, 0.717) is 11.8 Å². The molecule has 4 heteroatoms. The Kier molecular flexibility index (Phi) is 3.87. The van der Waals surface area contributed by atoms with Gasteiger partial charge in [0.25, 0.3) is 0 Å².